The molecule has 3 heterocycles. The monoisotopic (exact) mass is 383 g/mol. The largest absolute Gasteiger partial charge is 0.350 e. The van der Waals surface area contributed by atoms with Gasteiger partial charge in [-0.1, -0.05) is 6.07 Å². The first-order chi connectivity index (χ1) is 12.6. The van der Waals surface area contributed by atoms with Gasteiger partial charge >= 0.3 is 0 Å². The summed E-state index contributed by atoms with van der Waals surface area (Å²) < 4.78 is 10.3. The number of hydrogen-bond donors (Lipinski definition) is 1. The summed E-state index contributed by atoms with van der Waals surface area (Å²) in [5, 5.41) is 9.69. The van der Waals surface area contributed by atoms with E-state index in [1.54, 1.807) is 23.5 Å². The van der Waals surface area contributed by atoms with E-state index >= 15 is 0 Å². The van der Waals surface area contributed by atoms with Crippen molar-refractivity contribution < 1.29 is 4.79 Å². The van der Waals surface area contributed by atoms with E-state index in [0.29, 0.717) is 12.1 Å². The fraction of sp³-hybridized carbons (Fsp3) is 0.222. The fourth-order valence-corrected chi connectivity index (χ4v) is 4.29. The van der Waals surface area contributed by atoms with Crippen molar-refractivity contribution in [1.29, 1.82) is 0 Å². The van der Waals surface area contributed by atoms with Crippen LogP contribution in [0.4, 0.5) is 0 Å². The molecule has 0 spiro atoms. The minimum atomic E-state index is -0.122. The van der Waals surface area contributed by atoms with Gasteiger partial charge in [-0.05, 0) is 49.6 Å². The molecule has 0 aliphatic heterocycles. The van der Waals surface area contributed by atoms with Crippen LogP contribution < -0.4 is 5.32 Å². The maximum atomic E-state index is 12.6. The second kappa shape index (κ2) is 6.97. The normalized spacial score (nSPS) is 12.4. The molecule has 4 rings (SSSR count). The van der Waals surface area contributed by atoms with Gasteiger partial charge in [0.05, 0.1) is 17.4 Å². The Morgan fingerprint density at radius 3 is 2.77 bits per heavy atom. The number of aromatic nitrogens is 4. The van der Waals surface area contributed by atoms with Gasteiger partial charge in [0.2, 0.25) is 0 Å². The minimum absolute atomic E-state index is 0.0303. The summed E-state index contributed by atoms with van der Waals surface area (Å²) in [6.45, 7) is 4.48. The number of carbonyl (C=O) groups is 1. The lowest BCUT2D eigenvalue weighted by molar-refractivity contribution is 0.0949. The average molecular weight is 384 g/mol. The second-order valence-electron chi connectivity index (χ2n) is 6.08. The molecule has 8 heteroatoms. The summed E-state index contributed by atoms with van der Waals surface area (Å²) in [6.07, 6.45) is 0. The van der Waals surface area contributed by atoms with Gasteiger partial charge in [0, 0.05) is 22.7 Å². The maximum absolute atomic E-state index is 12.6. The Bertz CT molecular complexity index is 1050. The first-order valence-electron chi connectivity index (χ1n) is 8.18. The molecule has 0 aliphatic rings. The summed E-state index contributed by atoms with van der Waals surface area (Å²) in [5.41, 5.74) is 4.19. The summed E-state index contributed by atoms with van der Waals surface area (Å²) in [5.74, 6) is -0.122. The van der Waals surface area contributed by atoms with Crippen LogP contribution in [-0.4, -0.2) is 31.0 Å². The molecule has 0 bridgehead atoms. The molecule has 0 radical (unpaired) electrons. The summed E-state index contributed by atoms with van der Waals surface area (Å²) in [7, 11) is 0. The van der Waals surface area contributed by atoms with Crippen LogP contribution in [-0.2, 0) is 0 Å². The molecule has 132 valence electrons. The SMILES string of the molecule is Cc1cc(C)n([C@H](CNC(=O)c2ccc3nsnc3c2)c2cccs2)n1. The highest BCUT2D eigenvalue weighted by Gasteiger charge is 2.19. The smallest absolute Gasteiger partial charge is 0.251 e. The minimum Gasteiger partial charge on any atom is -0.350 e. The lowest BCUT2D eigenvalue weighted by atomic mass is 10.1. The van der Waals surface area contributed by atoms with Gasteiger partial charge in [-0.15, -0.1) is 11.3 Å². The van der Waals surface area contributed by atoms with Crippen LogP contribution in [0, 0.1) is 13.8 Å². The van der Waals surface area contributed by atoms with E-state index in [1.807, 2.05) is 42.1 Å². The van der Waals surface area contributed by atoms with Crippen LogP contribution in [0.3, 0.4) is 0 Å². The third kappa shape index (κ3) is 3.25. The van der Waals surface area contributed by atoms with Crippen molar-refractivity contribution in [3.8, 4) is 0 Å². The molecule has 0 saturated heterocycles. The number of hydrogen-bond acceptors (Lipinski definition) is 6. The highest BCUT2D eigenvalue weighted by atomic mass is 32.1. The van der Waals surface area contributed by atoms with Gasteiger partial charge in [0.15, 0.2) is 0 Å². The van der Waals surface area contributed by atoms with Gasteiger partial charge in [0.25, 0.3) is 5.91 Å². The molecule has 1 amide bonds. The zero-order valence-electron chi connectivity index (χ0n) is 14.3. The number of fused-ring (bicyclic) bond motifs is 1. The first-order valence-corrected chi connectivity index (χ1v) is 9.79. The van der Waals surface area contributed by atoms with E-state index in [0.717, 1.165) is 39.0 Å². The van der Waals surface area contributed by atoms with Crippen LogP contribution in [0.5, 0.6) is 0 Å². The van der Waals surface area contributed by atoms with Gasteiger partial charge in [-0.2, -0.15) is 13.8 Å². The third-order valence-corrected chi connectivity index (χ3v) is 5.71. The average Bonchev–Trinajstić information content (AvgIpc) is 3.36. The predicted octanol–water partition coefficient (Wildman–Crippen LogP) is 3.59. The second-order valence-corrected chi connectivity index (χ2v) is 7.59. The Morgan fingerprint density at radius 1 is 1.19 bits per heavy atom. The first kappa shape index (κ1) is 16.9. The van der Waals surface area contributed by atoms with Crippen LogP contribution in [0.25, 0.3) is 11.0 Å². The lowest BCUT2D eigenvalue weighted by Gasteiger charge is -2.19. The van der Waals surface area contributed by atoms with Crippen molar-refractivity contribution in [3.05, 3.63) is 63.6 Å². The number of amides is 1. The molecule has 6 nitrogen and oxygen atoms in total. The van der Waals surface area contributed by atoms with Gasteiger partial charge < -0.3 is 5.32 Å². The summed E-state index contributed by atoms with van der Waals surface area (Å²) in [6, 6.07) is 11.5. The Kier molecular flexibility index (Phi) is 4.52. The highest BCUT2D eigenvalue weighted by Crippen LogP contribution is 2.24. The molecule has 4 aromatic rings. The van der Waals surface area contributed by atoms with Gasteiger partial charge in [0.1, 0.15) is 17.1 Å². The standard InChI is InChI=1S/C18H17N5OS2/c1-11-8-12(2)23(20-11)16(17-4-3-7-25-17)10-19-18(24)13-5-6-14-15(9-13)22-26-21-14/h3-9,16H,10H2,1-2H3,(H,19,24)/t16-/m1/s1. The molecule has 1 aromatic carbocycles. The van der Waals surface area contributed by atoms with Crippen molar-refractivity contribution in [2.75, 3.05) is 6.54 Å². The lowest BCUT2D eigenvalue weighted by Crippen LogP contribution is -2.31. The molecule has 0 aliphatic carbocycles. The molecule has 3 aromatic heterocycles. The van der Waals surface area contributed by atoms with Crippen LogP contribution in [0.1, 0.15) is 32.7 Å². The van der Waals surface area contributed by atoms with Crippen molar-refractivity contribution in [3.63, 3.8) is 0 Å². The molecular weight excluding hydrogens is 366 g/mol. The molecular formula is C18H17N5OS2. The fourth-order valence-electron chi connectivity index (χ4n) is 2.96. The zero-order valence-corrected chi connectivity index (χ0v) is 16.0. The highest BCUT2D eigenvalue weighted by molar-refractivity contribution is 7.10. The van der Waals surface area contributed by atoms with E-state index in [1.165, 1.54) is 0 Å². The van der Waals surface area contributed by atoms with E-state index in [9.17, 15) is 4.79 Å². The number of nitrogens with one attached hydrogen (secondary N) is 1. The van der Waals surface area contributed by atoms with E-state index in [-0.39, 0.29) is 11.9 Å². The van der Waals surface area contributed by atoms with Crippen molar-refractivity contribution in [2.45, 2.75) is 19.9 Å². The van der Waals surface area contributed by atoms with Crippen LogP contribution >= 0.6 is 23.1 Å². The van der Waals surface area contributed by atoms with Gasteiger partial charge in [-0.3, -0.25) is 9.48 Å². The van der Waals surface area contributed by atoms with Crippen molar-refractivity contribution in [1.82, 2.24) is 23.8 Å². The Balaban J connectivity index is 1.56. The van der Waals surface area contributed by atoms with Crippen molar-refractivity contribution >= 4 is 40.0 Å². The molecule has 0 saturated carbocycles. The van der Waals surface area contributed by atoms with E-state index in [2.05, 4.69) is 25.2 Å². The van der Waals surface area contributed by atoms with E-state index < -0.39 is 0 Å². The molecule has 0 unspecified atom stereocenters. The van der Waals surface area contributed by atoms with Crippen molar-refractivity contribution in [2.24, 2.45) is 0 Å². The third-order valence-electron chi connectivity index (χ3n) is 4.18. The number of rotatable bonds is 5. The summed E-state index contributed by atoms with van der Waals surface area (Å²) in [4.78, 5) is 13.8. The maximum Gasteiger partial charge on any atom is 0.251 e. The topological polar surface area (TPSA) is 72.7 Å². The van der Waals surface area contributed by atoms with Crippen LogP contribution in [0.15, 0.2) is 41.8 Å². The van der Waals surface area contributed by atoms with Gasteiger partial charge in [-0.25, -0.2) is 0 Å². The number of aryl methyl sites for hydroxylation is 2. The van der Waals surface area contributed by atoms with Crippen LogP contribution in [0.2, 0.25) is 0 Å². The summed E-state index contributed by atoms with van der Waals surface area (Å²) >= 11 is 2.81. The molecule has 1 atom stereocenters. The Morgan fingerprint density at radius 2 is 2.04 bits per heavy atom. The quantitative estimate of drug-likeness (QED) is 0.572. The number of thiophene rings is 1. The zero-order chi connectivity index (χ0) is 18.1. The molecule has 1 N–H and O–H groups in total. The predicted molar refractivity (Wildman–Crippen MR) is 104 cm³/mol. The Hall–Kier alpha value is -2.58. The molecule has 26 heavy (non-hydrogen) atoms. The number of nitrogens with zero attached hydrogens (tertiary/aromatic N) is 4. The number of benzene rings is 1. The number of carbonyl (C=O) groups excluding carboxylic acids is 1. The Labute approximate surface area is 158 Å². The molecule has 0 fully saturated rings. The van der Waals surface area contributed by atoms with E-state index in [4.69, 9.17) is 0 Å².